The van der Waals surface area contributed by atoms with Crippen molar-refractivity contribution in [2.24, 2.45) is 0 Å². The topological polar surface area (TPSA) is 44.4 Å². The van der Waals surface area contributed by atoms with E-state index in [1.165, 1.54) is 0 Å². The Balaban J connectivity index is 1.95. The number of amides is 1. The molecule has 19 heavy (non-hydrogen) atoms. The molecule has 0 saturated carbocycles. The van der Waals surface area contributed by atoms with E-state index in [0.29, 0.717) is 28.3 Å². The van der Waals surface area contributed by atoms with Gasteiger partial charge < -0.3 is 10.6 Å². The van der Waals surface area contributed by atoms with Gasteiger partial charge in [-0.3, -0.25) is 9.69 Å². The van der Waals surface area contributed by atoms with Crippen LogP contribution in [0.1, 0.15) is 6.92 Å². The Morgan fingerprint density at radius 2 is 2.32 bits per heavy atom. The van der Waals surface area contributed by atoms with Crippen molar-refractivity contribution in [1.82, 2.24) is 10.2 Å². The predicted molar refractivity (Wildman–Crippen MR) is 79.0 cm³/mol. The van der Waals surface area contributed by atoms with Crippen molar-refractivity contribution < 1.29 is 4.79 Å². The fourth-order valence-electron chi connectivity index (χ4n) is 2.09. The van der Waals surface area contributed by atoms with E-state index in [1.54, 1.807) is 18.2 Å². The van der Waals surface area contributed by atoms with E-state index in [9.17, 15) is 4.79 Å². The van der Waals surface area contributed by atoms with Crippen LogP contribution in [0.3, 0.4) is 0 Å². The van der Waals surface area contributed by atoms with Crippen molar-refractivity contribution >= 4 is 34.8 Å². The zero-order valence-electron chi connectivity index (χ0n) is 10.7. The largest absolute Gasteiger partial charge is 0.324 e. The summed E-state index contributed by atoms with van der Waals surface area (Å²) in [5, 5.41) is 7.14. The molecule has 2 rings (SSSR count). The maximum Gasteiger partial charge on any atom is 0.238 e. The third-order valence-electron chi connectivity index (χ3n) is 3.19. The number of piperazine rings is 1. The van der Waals surface area contributed by atoms with E-state index in [1.807, 2.05) is 0 Å². The van der Waals surface area contributed by atoms with E-state index in [2.05, 4.69) is 22.5 Å². The van der Waals surface area contributed by atoms with Gasteiger partial charge >= 0.3 is 0 Å². The minimum atomic E-state index is -0.0714. The van der Waals surface area contributed by atoms with Crippen LogP contribution >= 0.6 is 23.2 Å². The highest BCUT2D eigenvalue weighted by atomic mass is 35.5. The Morgan fingerprint density at radius 3 is 3.05 bits per heavy atom. The van der Waals surface area contributed by atoms with Gasteiger partial charge in [0.05, 0.1) is 17.3 Å². The van der Waals surface area contributed by atoms with Crippen molar-refractivity contribution in [2.45, 2.75) is 13.0 Å². The maximum absolute atomic E-state index is 12.0. The predicted octanol–water partition coefficient (Wildman–Crippen LogP) is 2.23. The summed E-state index contributed by atoms with van der Waals surface area (Å²) in [7, 11) is 0. The molecule has 1 aliphatic heterocycles. The molecule has 1 aromatic rings. The molecule has 0 radical (unpaired) electrons. The molecule has 1 saturated heterocycles. The first-order valence-corrected chi connectivity index (χ1v) is 7.01. The molecule has 0 bridgehead atoms. The second-order valence-electron chi connectivity index (χ2n) is 4.70. The molecular weight excluding hydrogens is 285 g/mol. The van der Waals surface area contributed by atoms with Gasteiger partial charge in [-0.2, -0.15) is 0 Å². The Hall–Kier alpha value is -0.810. The average molecular weight is 302 g/mol. The van der Waals surface area contributed by atoms with E-state index in [-0.39, 0.29) is 5.91 Å². The zero-order valence-corrected chi connectivity index (χ0v) is 12.3. The number of halogens is 2. The normalized spacial score (nSPS) is 20.3. The summed E-state index contributed by atoms with van der Waals surface area (Å²) >= 11 is 11.9. The Bertz CT molecular complexity index is 467. The molecule has 1 heterocycles. The molecule has 1 fully saturated rings. The summed E-state index contributed by atoms with van der Waals surface area (Å²) < 4.78 is 0. The van der Waals surface area contributed by atoms with Crippen LogP contribution in [-0.4, -0.2) is 43.0 Å². The quantitative estimate of drug-likeness (QED) is 0.900. The standard InChI is InChI=1S/C13H17Cl2N3O/c1-9-7-16-4-5-18(9)8-13(19)17-12-6-10(14)2-3-11(12)15/h2-3,6,9,16H,4-5,7-8H2,1H3,(H,17,19)/t9-/m0/s1. The highest BCUT2D eigenvalue weighted by molar-refractivity contribution is 6.35. The molecular formula is C13H17Cl2N3O. The van der Waals surface area contributed by atoms with Gasteiger partial charge in [-0.1, -0.05) is 23.2 Å². The highest BCUT2D eigenvalue weighted by Crippen LogP contribution is 2.25. The first kappa shape index (κ1) is 14.6. The Morgan fingerprint density at radius 1 is 1.53 bits per heavy atom. The minimum absolute atomic E-state index is 0.0714. The average Bonchev–Trinajstić information content (AvgIpc) is 2.37. The van der Waals surface area contributed by atoms with Gasteiger partial charge in [-0.05, 0) is 25.1 Å². The van der Waals surface area contributed by atoms with Crippen molar-refractivity contribution in [3.05, 3.63) is 28.2 Å². The number of hydrogen-bond acceptors (Lipinski definition) is 3. The van der Waals surface area contributed by atoms with Crippen molar-refractivity contribution in [1.29, 1.82) is 0 Å². The van der Waals surface area contributed by atoms with Gasteiger partial charge in [-0.15, -0.1) is 0 Å². The smallest absolute Gasteiger partial charge is 0.238 e. The molecule has 0 spiro atoms. The number of carbonyl (C=O) groups excluding carboxylic acids is 1. The van der Waals surface area contributed by atoms with Gasteiger partial charge in [0.2, 0.25) is 5.91 Å². The lowest BCUT2D eigenvalue weighted by Gasteiger charge is -2.33. The Labute approximate surface area is 123 Å². The zero-order chi connectivity index (χ0) is 13.8. The molecule has 4 nitrogen and oxygen atoms in total. The lowest BCUT2D eigenvalue weighted by molar-refractivity contribution is -0.118. The lowest BCUT2D eigenvalue weighted by Crippen LogP contribution is -2.51. The number of rotatable bonds is 3. The van der Waals surface area contributed by atoms with Gasteiger partial charge in [0.1, 0.15) is 0 Å². The molecule has 1 aliphatic rings. The number of benzene rings is 1. The molecule has 104 valence electrons. The van der Waals surface area contributed by atoms with E-state index < -0.39 is 0 Å². The Kier molecular flexibility index (Phi) is 5.05. The molecule has 1 aromatic carbocycles. The van der Waals surface area contributed by atoms with Gasteiger partial charge in [0.15, 0.2) is 0 Å². The fourth-order valence-corrected chi connectivity index (χ4v) is 2.42. The van der Waals surface area contributed by atoms with E-state index >= 15 is 0 Å². The molecule has 2 N–H and O–H groups in total. The summed E-state index contributed by atoms with van der Waals surface area (Å²) in [5.41, 5.74) is 0.557. The second kappa shape index (κ2) is 6.57. The van der Waals surface area contributed by atoms with Crippen molar-refractivity contribution in [3.8, 4) is 0 Å². The third kappa shape index (κ3) is 4.08. The number of nitrogens with one attached hydrogen (secondary N) is 2. The van der Waals surface area contributed by atoms with Crippen molar-refractivity contribution in [3.63, 3.8) is 0 Å². The van der Waals surface area contributed by atoms with Crippen LogP contribution in [0.4, 0.5) is 5.69 Å². The monoisotopic (exact) mass is 301 g/mol. The molecule has 0 aromatic heterocycles. The van der Waals surface area contributed by atoms with Gasteiger partial charge in [-0.25, -0.2) is 0 Å². The van der Waals surface area contributed by atoms with E-state index in [0.717, 1.165) is 19.6 Å². The summed E-state index contributed by atoms with van der Waals surface area (Å²) in [4.78, 5) is 14.2. The first-order valence-electron chi connectivity index (χ1n) is 6.26. The molecule has 0 aliphatic carbocycles. The first-order chi connectivity index (χ1) is 9.06. The van der Waals surface area contributed by atoms with E-state index in [4.69, 9.17) is 23.2 Å². The van der Waals surface area contributed by atoms with Crippen molar-refractivity contribution in [2.75, 3.05) is 31.5 Å². The van der Waals surface area contributed by atoms with Crippen LogP contribution in [0.25, 0.3) is 0 Å². The van der Waals surface area contributed by atoms with Crippen LogP contribution < -0.4 is 10.6 Å². The van der Waals surface area contributed by atoms with Gasteiger partial charge in [0.25, 0.3) is 0 Å². The van der Waals surface area contributed by atoms with Crippen LogP contribution in [0.2, 0.25) is 10.0 Å². The van der Waals surface area contributed by atoms with Crippen LogP contribution in [0.15, 0.2) is 18.2 Å². The summed E-state index contributed by atoms with van der Waals surface area (Å²) in [5.74, 6) is -0.0714. The number of hydrogen-bond donors (Lipinski definition) is 2. The second-order valence-corrected chi connectivity index (χ2v) is 5.54. The summed E-state index contributed by atoms with van der Waals surface area (Å²) in [6, 6.07) is 5.38. The maximum atomic E-state index is 12.0. The number of anilines is 1. The SMILES string of the molecule is C[C@H]1CNCCN1CC(=O)Nc1cc(Cl)ccc1Cl. The minimum Gasteiger partial charge on any atom is -0.324 e. The van der Waals surface area contributed by atoms with Crippen LogP contribution in [0, 0.1) is 0 Å². The third-order valence-corrected chi connectivity index (χ3v) is 3.75. The summed E-state index contributed by atoms with van der Waals surface area (Å²) in [6.07, 6.45) is 0. The lowest BCUT2D eigenvalue weighted by atomic mass is 10.2. The molecule has 1 atom stereocenters. The highest BCUT2D eigenvalue weighted by Gasteiger charge is 2.20. The summed E-state index contributed by atoms with van der Waals surface area (Å²) in [6.45, 7) is 5.16. The van der Waals surface area contributed by atoms with Crippen LogP contribution in [0.5, 0.6) is 0 Å². The van der Waals surface area contributed by atoms with Crippen LogP contribution in [-0.2, 0) is 4.79 Å². The number of carbonyl (C=O) groups is 1. The van der Waals surface area contributed by atoms with Gasteiger partial charge in [0, 0.05) is 30.7 Å². The fraction of sp³-hybridized carbons (Fsp3) is 0.462. The molecule has 0 unspecified atom stereocenters. The number of nitrogens with zero attached hydrogens (tertiary/aromatic N) is 1. The molecule has 1 amide bonds. The molecule has 6 heteroatoms.